The van der Waals surface area contributed by atoms with Gasteiger partial charge in [-0.3, -0.25) is 19.3 Å². The SMILES string of the molecule is C[C@@H](OC(=O)CN1C(=O)NC2(CCCC2)C1=O)C(=O)N[C@H]1CCCc2ccccc21. The average Bonchev–Trinajstić information content (AvgIpc) is 3.29. The Morgan fingerprint density at radius 2 is 1.97 bits per heavy atom. The molecule has 0 unspecified atom stereocenters. The average molecular weight is 413 g/mol. The van der Waals surface area contributed by atoms with Crippen LogP contribution in [0.3, 0.4) is 0 Å². The highest BCUT2D eigenvalue weighted by Crippen LogP contribution is 2.35. The summed E-state index contributed by atoms with van der Waals surface area (Å²) in [6.07, 6.45) is 4.68. The second-order valence-electron chi connectivity index (χ2n) is 8.39. The van der Waals surface area contributed by atoms with E-state index in [1.54, 1.807) is 0 Å². The van der Waals surface area contributed by atoms with E-state index in [0.717, 1.165) is 42.6 Å². The fourth-order valence-corrected chi connectivity index (χ4v) is 4.75. The maximum atomic E-state index is 12.6. The highest BCUT2D eigenvalue weighted by molar-refractivity contribution is 6.08. The minimum absolute atomic E-state index is 0.114. The fourth-order valence-electron chi connectivity index (χ4n) is 4.75. The quantitative estimate of drug-likeness (QED) is 0.567. The van der Waals surface area contributed by atoms with Gasteiger partial charge in [-0.15, -0.1) is 0 Å². The predicted octanol–water partition coefficient (Wildman–Crippen LogP) is 1.98. The summed E-state index contributed by atoms with van der Waals surface area (Å²) in [5, 5.41) is 5.68. The lowest BCUT2D eigenvalue weighted by atomic mass is 9.87. The zero-order valence-corrected chi connectivity index (χ0v) is 17.1. The van der Waals surface area contributed by atoms with Gasteiger partial charge in [-0.1, -0.05) is 37.1 Å². The van der Waals surface area contributed by atoms with Crippen LogP contribution in [0.15, 0.2) is 24.3 Å². The molecule has 0 bridgehead atoms. The maximum absolute atomic E-state index is 12.6. The molecule has 2 aliphatic carbocycles. The smallest absolute Gasteiger partial charge is 0.327 e. The van der Waals surface area contributed by atoms with Crippen LogP contribution in [0.1, 0.15) is 62.6 Å². The van der Waals surface area contributed by atoms with Crippen LogP contribution >= 0.6 is 0 Å². The number of urea groups is 1. The van der Waals surface area contributed by atoms with E-state index in [2.05, 4.69) is 16.7 Å². The van der Waals surface area contributed by atoms with Crippen molar-refractivity contribution in [3.05, 3.63) is 35.4 Å². The van der Waals surface area contributed by atoms with Crippen molar-refractivity contribution in [2.24, 2.45) is 0 Å². The molecule has 0 radical (unpaired) electrons. The lowest BCUT2D eigenvalue weighted by Crippen LogP contribution is -2.45. The van der Waals surface area contributed by atoms with Crippen molar-refractivity contribution in [3.63, 3.8) is 0 Å². The van der Waals surface area contributed by atoms with Gasteiger partial charge >= 0.3 is 12.0 Å². The van der Waals surface area contributed by atoms with E-state index in [9.17, 15) is 19.2 Å². The number of esters is 1. The maximum Gasteiger partial charge on any atom is 0.327 e. The zero-order valence-electron chi connectivity index (χ0n) is 17.1. The molecule has 3 aliphatic rings. The summed E-state index contributed by atoms with van der Waals surface area (Å²) in [6.45, 7) is 1.00. The summed E-state index contributed by atoms with van der Waals surface area (Å²) in [6, 6.07) is 7.31. The van der Waals surface area contributed by atoms with Crippen LogP contribution < -0.4 is 10.6 Å². The second kappa shape index (κ2) is 8.08. The van der Waals surface area contributed by atoms with Crippen molar-refractivity contribution in [1.82, 2.24) is 15.5 Å². The lowest BCUT2D eigenvalue weighted by molar-refractivity contribution is -0.157. The van der Waals surface area contributed by atoms with E-state index < -0.39 is 36.1 Å². The predicted molar refractivity (Wildman–Crippen MR) is 107 cm³/mol. The molecule has 1 aromatic rings. The van der Waals surface area contributed by atoms with Gasteiger partial charge in [-0.2, -0.15) is 0 Å². The monoisotopic (exact) mass is 413 g/mol. The second-order valence-corrected chi connectivity index (χ2v) is 8.39. The van der Waals surface area contributed by atoms with E-state index in [-0.39, 0.29) is 11.9 Å². The standard InChI is InChI=1S/C22H27N3O5/c1-14(19(27)23-17-10-6-8-15-7-2-3-9-16(15)17)30-18(26)13-25-20(28)22(24-21(25)29)11-4-5-12-22/h2-3,7,9,14,17H,4-6,8,10-13H2,1H3,(H,23,27)(H,24,29)/t14-,17+/m1/s1. The first kappa shape index (κ1) is 20.4. The Balaban J connectivity index is 1.32. The van der Waals surface area contributed by atoms with Gasteiger partial charge in [-0.25, -0.2) is 4.79 Å². The van der Waals surface area contributed by atoms with Gasteiger partial charge in [0.15, 0.2) is 6.10 Å². The molecule has 2 N–H and O–H groups in total. The number of amides is 4. The molecule has 1 saturated carbocycles. The van der Waals surface area contributed by atoms with Gasteiger partial charge in [0, 0.05) is 0 Å². The molecule has 2 fully saturated rings. The van der Waals surface area contributed by atoms with Crippen LogP contribution in [0.2, 0.25) is 0 Å². The minimum Gasteiger partial charge on any atom is -0.451 e. The molecule has 0 aromatic heterocycles. The Kier molecular flexibility index (Phi) is 5.49. The van der Waals surface area contributed by atoms with Crippen LogP contribution in [0, 0.1) is 0 Å². The topological polar surface area (TPSA) is 105 Å². The van der Waals surface area contributed by atoms with E-state index in [1.807, 2.05) is 18.2 Å². The summed E-state index contributed by atoms with van der Waals surface area (Å²) in [5.41, 5.74) is 1.45. The zero-order chi connectivity index (χ0) is 21.3. The van der Waals surface area contributed by atoms with Crippen molar-refractivity contribution in [2.75, 3.05) is 6.54 Å². The summed E-state index contributed by atoms with van der Waals surface area (Å²) < 4.78 is 5.23. The van der Waals surface area contributed by atoms with Crippen LogP contribution in [0.4, 0.5) is 4.79 Å². The third-order valence-electron chi connectivity index (χ3n) is 6.35. The Labute approximate surface area is 175 Å². The number of hydrogen-bond acceptors (Lipinski definition) is 5. The molecule has 1 aromatic carbocycles. The lowest BCUT2D eigenvalue weighted by Gasteiger charge is -2.27. The highest BCUT2D eigenvalue weighted by Gasteiger charge is 2.52. The molecule has 1 heterocycles. The van der Waals surface area contributed by atoms with Crippen molar-refractivity contribution < 1.29 is 23.9 Å². The minimum atomic E-state index is -1.02. The van der Waals surface area contributed by atoms with Gasteiger partial charge < -0.3 is 15.4 Å². The third-order valence-corrected chi connectivity index (χ3v) is 6.35. The van der Waals surface area contributed by atoms with Crippen molar-refractivity contribution in [3.8, 4) is 0 Å². The van der Waals surface area contributed by atoms with Crippen LogP contribution in [-0.2, 0) is 25.5 Å². The number of nitrogens with one attached hydrogen (secondary N) is 2. The summed E-state index contributed by atoms with van der Waals surface area (Å²) in [4.78, 5) is 50.6. The number of imide groups is 1. The van der Waals surface area contributed by atoms with Gasteiger partial charge in [-0.05, 0) is 50.2 Å². The molecule has 4 rings (SSSR count). The van der Waals surface area contributed by atoms with Gasteiger partial charge in [0.25, 0.3) is 11.8 Å². The third kappa shape index (κ3) is 3.78. The van der Waals surface area contributed by atoms with Crippen molar-refractivity contribution in [1.29, 1.82) is 0 Å². The number of hydrogen-bond donors (Lipinski definition) is 2. The van der Waals surface area contributed by atoms with Gasteiger partial charge in [0.1, 0.15) is 12.1 Å². The Morgan fingerprint density at radius 3 is 2.73 bits per heavy atom. The van der Waals surface area contributed by atoms with Crippen LogP contribution in [0.5, 0.6) is 0 Å². The van der Waals surface area contributed by atoms with Crippen molar-refractivity contribution in [2.45, 2.75) is 69.6 Å². The molecule has 1 spiro atoms. The molecule has 160 valence electrons. The largest absolute Gasteiger partial charge is 0.451 e. The first-order chi connectivity index (χ1) is 14.4. The summed E-state index contributed by atoms with van der Waals surface area (Å²) in [5.74, 6) is -1.55. The first-order valence-electron chi connectivity index (χ1n) is 10.6. The fraction of sp³-hybridized carbons (Fsp3) is 0.545. The summed E-state index contributed by atoms with van der Waals surface area (Å²) in [7, 11) is 0. The molecule has 4 amide bonds. The molecule has 8 nitrogen and oxygen atoms in total. The first-order valence-corrected chi connectivity index (χ1v) is 10.6. The molecular weight excluding hydrogens is 386 g/mol. The normalized spacial score (nSPS) is 23.1. The molecule has 1 aliphatic heterocycles. The Hall–Kier alpha value is -2.90. The number of benzene rings is 1. The number of carbonyl (C=O) groups is 4. The Bertz CT molecular complexity index is 877. The number of aryl methyl sites for hydroxylation is 1. The van der Waals surface area contributed by atoms with Crippen LogP contribution in [-0.4, -0.2) is 46.9 Å². The molecule has 8 heteroatoms. The molecule has 1 saturated heterocycles. The van der Waals surface area contributed by atoms with Crippen LogP contribution in [0.25, 0.3) is 0 Å². The summed E-state index contributed by atoms with van der Waals surface area (Å²) >= 11 is 0. The van der Waals surface area contributed by atoms with Gasteiger partial charge in [0.05, 0.1) is 6.04 Å². The number of nitrogens with zero attached hydrogens (tertiary/aromatic N) is 1. The Morgan fingerprint density at radius 1 is 1.23 bits per heavy atom. The van der Waals surface area contributed by atoms with E-state index in [4.69, 9.17) is 4.74 Å². The molecular formula is C22H27N3O5. The van der Waals surface area contributed by atoms with E-state index in [0.29, 0.717) is 12.8 Å². The molecule has 30 heavy (non-hydrogen) atoms. The molecule has 2 atom stereocenters. The van der Waals surface area contributed by atoms with E-state index in [1.165, 1.54) is 12.5 Å². The number of ether oxygens (including phenoxy) is 1. The van der Waals surface area contributed by atoms with E-state index >= 15 is 0 Å². The number of rotatable bonds is 5. The highest BCUT2D eigenvalue weighted by atomic mass is 16.5. The van der Waals surface area contributed by atoms with Gasteiger partial charge in [0.2, 0.25) is 0 Å². The van der Waals surface area contributed by atoms with Crippen molar-refractivity contribution >= 4 is 23.8 Å². The number of fused-ring (bicyclic) bond motifs is 1. The number of carbonyl (C=O) groups excluding carboxylic acids is 4.